The molecule has 2 aromatic carbocycles. The Morgan fingerprint density at radius 3 is 1.20 bits per heavy atom. The number of hydrogen-bond acceptors (Lipinski definition) is 4. The zero-order chi connectivity index (χ0) is 39.2. The Bertz CT molecular complexity index is 1380. The Morgan fingerprint density at radius 2 is 0.831 bits per heavy atom. The van der Waals surface area contributed by atoms with Crippen molar-refractivity contribution in [2.75, 3.05) is 78.8 Å². The van der Waals surface area contributed by atoms with Crippen LogP contribution in [0, 0.1) is 23.7 Å². The van der Waals surface area contributed by atoms with Crippen molar-refractivity contribution in [1.82, 2.24) is 0 Å². The molecule has 0 atom stereocenters. The molecule has 0 unspecified atom stereocenters. The SMILES string of the molecule is OCC[N+]1(CCCCCCOc2ccc(C(=C3C4CC5CC(C4)CC3C5)c3ccc(OCCCCCC[N+]4(CCO)CCCCCC4)cc3)cc2)CCCCCC1.[I-].[I-]. The molecule has 2 saturated heterocycles. The quantitative estimate of drug-likeness (QED) is 0.103. The molecule has 6 nitrogen and oxygen atoms in total. The van der Waals surface area contributed by atoms with Gasteiger partial charge < -0.3 is 76.6 Å². The van der Waals surface area contributed by atoms with Crippen LogP contribution in [0.3, 0.4) is 0 Å². The lowest BCUT2D eigenvalue weighted by Gasteiger charge is -2.52. The van der Waals surface area contributed by atoms with Gasteiger partial charge in [0.2, 0.25) is 0 Å². The van der Waals surface area contributed by atoms with Gasteiger partial charge in [-0.15, -0.1) is 0 Å². The van der Waals surface area contributed by atoms with Crippen molar-refractivity contribution in [3.05, 3.63) is 65.2 Å². The van der Waals surface area contributed by atoms with Crippen LogP contribution in [-0.4, -0.2) is 98.0 Å². The molecule has 4 aliphatic carbocycles. The Balaban J connectivity index is 0.00000331. The largest absolute Gasteiger partial charge is 1.00 e. The lowest BCUT2D eigenvalue weighted by atomic mass is 9.53. The Hall–Kier alpha value is -0.920. The molecule has 6 aliphatic rings. The van der Waals surface area contributed by atoms with Gasteiger partial charge in [-0.1, -0.05) is 29.8 Å². The fraction of sp³-hybridized carbons (Fsp3) is 0.725. The lowest BCUT2D eigenvalue weighted by molar-refractivity contribution is -0.928. The highest BCUT2D eigenvalue weighted by atomic mass is 127. The first-order valence-electron chi connectivity index (χ1n) is 24.2. The highest BCUT2D eigenvalue weighted by molar-refractivity contribution is 5.83. The minimum atomic E-state index is 0. The second-order valence-corrected chi connectivity index (χ2v) is 19.5. The summed E-state index contributed by atoms with van der Waals surface area (Å²) >= 11 is 0. The van der Waals surface area contributed by atoms with E-state index in [0.717, 1.165) is 83.3 Å². The zero-order valence-electron chi connectivity index (χ0n) is 36.6. The average Bonchev–Trinajstić information content (AvgIpc) is 3.60. The van der Waals surface area contributed by atoms with E-state index in [2.05, 4.69) is 48.5 Å². The van der Waals surface area contributed by atoms with Crippen molar-refractivity contribution in [1.29, 1.82) is 0 Å². The molecule has 2 N–H and O–H groups in total. The predicted molar refractivity (Wildman–Crippen MR) is 234 cm³/mol. The first-order chi connectivity index (χ1) is 28.1. The number of aliphatic hydroxyl groups excluding tert-OH is 2. The zero-order valence-corrected chi connectivity index (χ0v) is 40.9. The number of unbranched alkanes of at least 4 members (excludes halogenated alkanes) is 6. The number of nitrogens with zero attached hydrogens (tertiary/aromatic N) is 2. The summed E-state index contributed by atoms with van der Waals surface area (Å²) in [4.78, 5) is 0. The summed E-state index contributed by atoms with van der Waals surface area (Å²) in [5.41, 5.74) is 5.92. The molecular formula is C51H80I2N2O4. The fourth-order valence-electron chi connectivity index (χ4n) is 12.5. The number of halogens is 2. The number of likely N-dealkylation sites (tertiary alicyclic amines) is 2. The van der Waals surface area contributed by atoms with Crippen LogP contribution in [0.5, 0.6) is 11.5 Å². The van der Waals surface area contributed by atoms with Crippen LogP contribution < -0.4 is 57.4 Å². The summed E-state index contributed by atoms with van der Waals surface area (Å²) in [5.74, 6) is 5.34. The van der Waals surface area contributed by atoms with E-state index in [4.69, 9.17) is 9.47 Å². The molecule has 8 heteroatoms. The van der Waals surface area contributed by atoms with Crippen molar-refractivity contribution >= 4 is 5.57 Å². The van der Waals surface area contributed by atoms with Gasteiger partial charge in [0.05, 0.1) is 65.7 Å². The van der Waals surface area contributed by atoms with E-state index in [9.17, 15) is 10.2 Å². The number of hydrogen-bond donors (Lipinski definition) is 2. The first-order valence-corrected chi connectivity index (χ1v) is 24.2. The van der Waals surface area contributed by atoms with Gasteiger partial charge in [0.1, 0.15) is 24.6 Å². The summed E-state index contributed by atoms with van der Waals surface area (Å²) in [6.07, 6.45) is 27.4. The monoisotopic (exact) mass is 1040 g/mol. The van der Waals surface area contributed by atoms with Crippen LogP contribution in [-0.2, 0) is 0 Å². The molecule has 2 aliphatic heterocycles. The molecule has 2 aromatic rings. The lowest BCUT2D eigenvalue weighted by Crippen LogP contribution is -3.00. The van der Waals surface area contributed by atoms with Gasteiger partial charge in [-0.2, -0.15) is 0 Å². The van der Waals surface area contributed by atoms with Crippen LogP contribution in [0.25, 0.3) is 5.57 Å². The average molecular weight is 1040 g/mol. The number of ether oxygens (including phenoxy) is 2. The standard InChI is InChI=1S/C51H80N2O4.2HI/c54-33-31-52(25-9-1-2-10-26-52)29-13-5-7-15-35-56-48-21-17-44(18-22-48)50(51-46-38-42-37-43(40-46)41-47(51)39-42)45-19-23-49(24-20-45)57-36-16-8-6-14-30-53(32-34-55)27-11-3-4-12-28-53;;/h17-24,42-43,46-47,54-55H,1-16,25-41H2;2*1H/q+2;;/p-2. The smallest absolute Gasteiger partial charge is 0.119 e. The van der Waals surface area contributed by atoms with E-state index in [0.29, 0.717) is 13.2 Å². The van der Waals surface area contributed by atoms with E-state index in [1.807, 2.05) is 0 Å². The second kappa shape index (κ2) is 25.4. The normalized spacial score (nSPS) is 24.3. The summed E-state index contributed by atoms with van der Waals surface area (Å²) in [7, 11) is 0. The number of aliphatic hydroxyl groups is 2. The van der Waals surface area contributed by atoms with Crippen LogP contribution in [0.4, 0.5) is 0 Å². The van der Waals surface area contributed by atoms with Gasteiger partial charge in [-0.3, -0.25) is 0 Å². The van der Waals surface area contributed by atoms with E-state index < -0.39 is 0 Å². The van der Waals surface area contributed by atoms with Crippen molar-refractivity contribution in [3.63, 3.8) is 0 Å². The van der Waals surface area contributed by atoms with Gasteiger partial charge in [-0.25, -0.2) is 0 Å². The molecule has 4 saturated carbocycles. The van der Waals surface area contributed by atoms with Crippen molar-refractivity contribution in [2.24, 2.45) is 23.7 Å². The predicted octanol–water partition coefficient (Wildman–Crippen LogP) is 4.60. The van der Waals surface area contributed by atoms with Crippen molar-refractivity contribution < 1.29 is 76.6 Å². The minimum Gasteiger partial charge on any atom is -1.00 e. The third-order valence-corrected chi connectivity index (χ3v) is 15.4. The maximum Gasteiger partial charge on any atom is 0.119 e. The maximum absolute atomic E-state index is 9.74. The topological polar surface area (TPSA) is 58.9 Å². The summed E-state index contributed by atoms with van der Waals surface area (Å²) in [5, 5.41) is 19.5. The molecule has 0 radical (unpaired) electrons. The molecule has 0 amide bonds. The molecule has 4 bridgehead atoms. The van der Waals surface area contributed by atoms with Gasteiger partial charge in [0, 0.05) is 0 Å². The highest BCUT2D eigenvalue weighted by Crippen LogP contribution is 2.58. The highest BCUT2D eigenvalue weighted by Gasteiger charge is 2.46. The van der Waals surface area contributed by atoms with Gasteiger partial charge in [0.25, 0.3) is 0 Å². The molecule has 0 spiro atoms. The Morgan fingerprint density at radius 1 is 0.458 bits per heavy atom. The van der Waals surface area contributed by atoms with Crippen LogP contribution in [0.2, 0.25) is 0 Å². The molecule has 0 aromatic heterocycles. The Labute approximate surface area is 393 Å². The fourth-order valence-corrected chi connectivity index (χ4v) is 12.5. The third kappa shape index (κ3) is 14.0. The molecule has 332 valence electrons. The minimum absolute atomic E-state index is 0. The van der Waals surface area contributed by atoms with Gasteiger partial charge in [0.15, 0.2) is 0 Å². The van der Waals surface area contributed by atoms with Gasteiger partial charge in [-0.05, 0) is 199 Å². The number of rotatable bonds is 22. The van der Waals surface area contributed by atoms with Crippen LogP contribution >= 0.6 is 0 Å². The van der Waals surface area contributed by atoms with Crippen molar-refractivity contribution in [2.45, 2.75) is 135 Å². The van der Waals surface area contributed by atoms with Crippen LogP contribution in [0.1, 0.15) is 146 Å². The van der Waals surface area contributed by atoms with E-state index in [1.165, 1.54) is 178 Å². The maximum atomic E-state index is 9.74. The molecule has 8 rings (SSSR count). The first kappa shape index (κ1) is 49.1. The molecular weight excluding hydrogens is 958 g/mol. The summed E-state index contributed by atoms with van der Waals surface area (Å²) < 4.78 is 14.9. The second-order valence-electron chi connectivity index (χ2n) is 19.5. The van der Waals surface area contributed by atoms with E-state index in [1.54, 1.807) is 5.57 Å². The van der Waals surface area contributed by atoms with Crippen LogP contribution in [0.15, 0.2) is 54.1 Å². The van der Waals surface area contributed by atoms with Crippen molar-refractivity contribution in [3.8, 4) is 11.5 Å². The van der Waals surface area contributed by atoms with E-state index in [-0.39, 0.29) is 48.0 Å². The number of allylic oxidation sites excluding steroid dienone is 1. The molecule has 2 heterocycles. The third-order valence-electron chi connectivity index (χ3n) is 15.4. The molecule has 59 heavy (non-hydrogen) atoms. The Kier molecular flexibility index (Phi) is 21.1. The number of quaternary nitrogens is 2. The molecule has 6 fully saturated rings. The number of benzene rings is 2. The summed E-state index contributed by atoms with van der Waals surface area (Å²) in [6, 6.07) is 18.2. The van der Waals surface area contributed by atoms with Gasteiger partial charge >= 0.3 is 0 Å². The van der Waals surface area contributed by atoms with E-state index >= 15 is 0 Å². The summed E-state index contributed by atoms with van der Waals surface area (Å²) in [6.45, 7) is 11.6.